The van der Waals surface area contributed by atoms with Crippen LogP contribution in [-0.4, -0.2) is 0 Å². The molecule has 252 valence electrons. The van der Waals surface area contributed by atoms with Crippen molar-refractivity contribution in [1.29, 1.82) is 0 Å². The number of nitrogens with zero attached hydrogens (tertiary/aromatic N) is 1. The fourth-order valence-corrected chi connectivity index (χ4v) is 9.41. The van der Waals surface area contributed by atoms with Gasteiger partial charge in [-0.15, -0.1) is 0 Å². The number of hydrogen-bond acceptors (Lipinski definition) is 2. The van der Waals surface area contributed by atoms with Crippen LogP contribution in [0.2, 0.25) is 0 Å². The van der Waals surface area contributed by atoms with E-state index in [4.69, 9.17) is 4.74 Å². The summed E-state index contributed by atoms with van der Waals surface area (Å²) >= 11 is 0. The predicted octanol–water partition coefficient (Wildman–Crippen LogP) is 11.9. The summed E-state index contributed by atoms with van der Waals surface area (Å²) in [6, 6.07) is 53.0. The van der Waals surface area contributed by atoms with E-state index in [2.05, 4.69) is 206 Å². The molecule has 6 aromatic rings. The minimum atomic E-state index is -0.931. The van der Waals surface area contributed by atoms with Crippen molar-refractivity contribution in [3.05, 3.63) is 168 Å². The molecule has 0 amide bonds. The Balaban J connectivity index is 1.57. The molecule has 0 aliphatic carbocycles. The third-order valence-electron chi connectivity index (χ3n) is 9.96. The van der Waals surface area contributed by atoms with Gasteiger partial charge in [-0.05, 0) is 76.9 Å². The number of para-hydroxylation sites is 2. The Morgan fingerprint density at radius 3 is 1.34 bits per heavy atom. The molecule has 7 rings (SSSR count). The fourth-order valence-electron chi connectivity index (χ4n) is 6.98. The molecule has 0 radical (unpaired) electrons. The Morgan fingerprint density at radius 1 is 0.500 bits per heavy atom. The van der Waals surface area contributed by atoms with E-state index in [1.807, 2.05) is 0 Å². The number of benzene rings is 6. The molecule has 1 aliphatic rings. The van der Waals surface area contributed by atoms with Crippen LogP contribution in [0.4, 0.5) is 17.1 Å². The first-order valence-corrected chi connectivity index (χ1v) is 19.0. The van der Waals surface area contributed by atoms with Crippen LogP contribution in [0.3, 0.4) is 0 Å². The van der Waals surface area contributed by atoms with E-state index in [9.17, 15) is 0 Å². The zero-order valence-electron chi connectivity index (χ0n) is 30.7. The standard InChI is InChI=1S/C47H48NOP/c1-45(2,3)33-29-39-43(41(31-33)48(35-21-13-9-14-22-35)36-23-15-10-16-24-36)49-44-40(47(39,7)8)30-34(46(4,5)6)32-42(44)50(37-25-17-11-18-26-37)38-27-19-12-20-28-38/h9-32H,1-8H3. The average Bonchev–Trinajstić information content (AvgIpc) is 3.10. The number of fused-ring (bicyclic) bond motifs is 2. The summed E-state index contributed by atoms with van der Waals surface area (Å²) in [6.45, 7) is 18.7. The van der Waals surface area contributed by atoms with E-state index >= 15 is 0 Å². The normalized spacial score (nSPS) is 13.7. The van der Waals surface area contributed by atoms with Gasteiger partial charge in [0.2, 0.25) is 0 Å². The molecule has 2 nitrogen and oxygen atoms in total. The van der Waals surface area contributed by atoms with Gasteiger partial charge in [-0.2, -0.15) is 0 Å². The summed E-state index contributed by atoms with van der Waals surface area (Å²) in [5, 5.41) is 3.88. The second kappa shape index (κ2) is 12.9. The molecule has 0 unspecified atom stereocenters. The van der Waals surface area contributed by atoms with Gasteiger partial charge in [-0.1, -0.05) is 165 Å². The third-order valence-corrected chi connectivity index (χ3v) is 12.4. The van der Waals surface area contributed by atoms with Crippen molar-refractivity contribution in [3.63, 3.8) is 0 Å². The highest BCUT2D eigenvalue weighted by Crippen LogP contribution is 2.56. The molecule has 0 aromatic heterocycles. The van der Waals surface area contributed by atoms with Gasteiger partial charge in [0.05, 0.1) is 5.69 Å². The quantitative estimate of drug-likeness (QED) is 0.163. The lowest BCUT2D eigenvalue weighted by Crippen LogP contribution is -2.32. The topological polar surface area (TPSA) is 12.5 Å². The van der Waals surface area contributed by atoms with Crippen LogP contribution in [0.15, 0.2) is 146 Å². The maximum absolute atomic E-state index is 7.53. The maximum atomic E-state index is 7.53. The lowest BCUT2D eigenvalue weighted by atomic mass is 9.71. The van der Waals surface area contributed by atoms with Crippen LogP contribution >= 0.6 is 7.92 Å². The second-order valence-electron chi connectivity index (χ2n) is 16.0. The Kier molecular flexibility index (Phi) is 8.73. The summed E-state index contributed by atoms with van der Waals surface area (Å²) in [4.78, 5) is 2.37. The van der Waals surface area contributed by atoms with Crippen LogP contribution in [-0.2, 0) is 16.2 Å². The van der Waals surface area contributed by atoms with Crippen molar-refractivity contribution in [2.45, 2.75) is 71.6 Å². The second-order valence-corrected chi connectivity index (χ2v) is 18.2. The molecule has 1 heterocycles. The van der Waals surface area contributed by atoms with Crippen LogP contribution in [0.25, 0.3) is 0 Å². The van der Waals surface area contributed by atoms with Crippen molar-refractivity contribution in [3.8, 4) is 11.5 Å². The summed E-state index contributed by atoms with van der Waals surface area (Å²) < 4.78 is 7.53. The van der Waals surface area contributed by atoms with Gasteiger partial charge in [0.1, 0.15) is 5.75 Å². The van der Waals surface area contributed by atoms with E-state index in [1.54, 1.807) is 0 Å². The molecule has 0 fully saturated rings. The lowest BCUT2D eigenvalue weighted by Gasteiger charge is -2.41. The summed E-state index contributed by atoms with van der Waals surface area (Å²) in [5.41, 5.74) is 7.84. The smallest absolute Gasteiger partial charge is 0.155 e. The first kappa shape index (κ1) is 33.8. The number of rotatable bonds is 6. The molecule has 3 heteroatoms. The van der Waals surface area contributed by atoms with Gasteiger partial charge in [0.15, 0.2) is 5.75 Å². The van der Waals surface area contributed by atoms with Crippen molar-refractivity contribution in [2.75, 3.05) is 4.90 Å². The summed E-state index contributed by atoms with van der Waals surface area (Å²) in [6.07, 6.45) is 0. The van der Waals surface area contributed by atoms with Gasteiger partial charge < -0.3 is 9.64 Å². The average molecular weight is 674 g/mol. The van der Waals surface area contributed by atoms with Crippen molar-refractivity contribution >= 4 is 40.9 Å². The van der Waals surface area contributed by atoms with E-state index in [1.165, 1.54) is 38.2 Å². The highest BCUT2D eigenvalue weighted by Gasteiger charge is 2.41. The molecule has 0 spiro atoms. The van der Waals surface area contributed by atoms with Gasteiger partial charge in [0, 0.05) is 33.2 Å². The first-order valence-electron chi connectivity index (χ1n) is 17.7. The minimum Gasteiger partial charge on any atom is -0.454 e. The largest absolute Gasteiger partial charge is 0.454 e. The van der Waals surface area contributed by atoms with Gasteiger partial charge in [-0.3, -0.25) is 0 Å². The van der Waals surface area contributed by atoms with Crippen LogP contribution in [0, 0.1) is 0 Å². The summed E-state index contributed by atoms with van der Waals surface area (Å²) in [5.74, 6) is 1.91. The maximum Gasteiger partial charge on any atom is 0.155 e. The minimum absolute atomic E-state index is 0.0512. The molecule has 1 aliphatic heterocycles. The molecule has 0 saturated heterocycles. The lowest BCUT2D eigenvalue weighted by molar-refractivity contribution is 0.419. The first-order chi connectivity index (χ1) is 23.8. The van der Waals surface area contributed by atoms with E-state index in [0.29, 0.717) is 0 Å². The molecule has 0 bridgehead atoms. The van der Waals surface area contributed by atoms with E-state index in [-0.39, 0.29) is 16.2 Å². The number of ether oxygens (including phenoxy) is 1. The molecule has 0 N–H and O–H groups in total. The molecular formula is C47H48NOP. The Hall–Kier alpha value is -4.65. The molecule has 50 heavy (non-hydrogen) atoms. The molecule has 0 saturated carbocycles. The Labute approximate surface area is 300 Å². The van der Waals surface area contributed by atoms with Crippen LogP contribution in [0.1, 0.15) is 77.6 Å². The SMILES string of the molecule is CC(C)(C)c1cc(N(c2ccccc2)c2ccccc2)c2c(c1)C(C)(C)c1cc(C(C)(C)C)cc(P(c3ccccc3)c3ccccc3)c1O2. The van der Waals surface area contributed by atoms with Gasteiger partial charge in [0.25, 0.3) is 0 Å². The van der Waals surface area contributed by atoms with Crippen LogP contribution in [0.5, 0.6) is 11.5 Å². The number of anilines is 3. The van der Waals surface area contributed by atoms with Crippen LogP contribution < -0.4 is 25.6 Å². The van der Waals surface area contributed by atoms with Crippen molar-refractivity contribution in [2.24, 2.45) is 0 Å². The monoisotopic (exact) mass is 673 g/mol. The third kappa shape index (κ3) is 6.27. The molecule has 6 aromatic carbocycles. The van der Waals surface area contributed by atoms with E-state index in [0.717, 1.165) is 28.6 Å². The molecule has 0 atom stereocenters. The van der Waals surface area contributed by atoms with Crippen molar-refractivity contribution in [1.82, 2.24) is 0 Å². The summed E-state index contributed by atoms with van der Waals surface area (Å²) in [7, 11) is -0.931. The van der Waals surface area contributed by atoms with Gasteiger partial charge in [-0.25, -0.2) is 0 Å². The predicted molar refractivity (Wildman–Crippen MR) is 216 cm³/mol. The number of hydrogen-bond donors (Lipinski definition) is 0. The Bertz CT molecular complexity index is 1880. The zero-order chi connectivity index (χ0) is 35.3. The highest BCUT2D eigenvalue weighted by atomic mass is 31.1. The Morgan fingerprint density at radius 2 is 0.900 bits per heavy atom. The highest BCUT2D eigenvalue weighted by molar-refractivity contribution is 7.80. The van der Waals surface area contributed by atoms with E-state index < -0.39 is 7.92 Å². The van der Waals surface area contributed by atoms with Crippen molar-refractivity contribution < 1.29 is 4.74 Å². The fraction of sp³-hybridized carbons (Fsp3) is 0.234. The van der Waals surface area contributed by atoms with Gasteiger partial charge >= 0.3 is 0 Å². The zero-order valence-corrected chi connectivity index (χ0v) is 31.6. The molecular weight excluding hydrogens is 625 g/mol.